The first-order chi connectivity index (χ1) is 10.1. The van der Waals surface area contributed by atoms with Crippen LogP contribution < -0.4 is 4.74 Å². The van der Waals surface area contributed by atoms with Crippen molar-refractivity contribution in [1.29, 1.82) is 0 Å². The molecule has 0 saturated carbocycles. The molecule has 0 fully saturated rings. The molecule has 0 spiro atoms. The first-order valence-corrected chi connectivity index (χ1v) is 7.83. The van der Waals surface area contributed by atoms with Crippen LogP contribution >= 0.6 is 0 Å². The quantitative estimate of drug-likeness (QED) is 0.795. The van der Waals surface area contributed by atoms with E-state index in [1.165, 1.54) is 29.6 Å². The molecule has 1 aliphatic rings. The van der Waals surface area contributed by atoms with Crippen LogP contribution in [0.4, 0.5) is 0 Å². The van der Waals surface area contributed by atoms with E-state index < -0.39 is 0 Å². The number of methoxy groups -OCH3 is 1. The fraction of sp³-hybridized carbons (Fsp3) is 0.474. The molecule has 1 unspecified atom stereocenters. The predicted molar refractivity (Wildman–Crippen MR) is 90.6 cm³/mol. The van der Waals surface area contributed by atoms with E-state index in [0.717, 1.165) is 18.7 Å². The lowest BCUT2D eigenvalue weighted by Gasteiger charge is -2.28. The first-order valence-electron chi connectivity index (χ1n) is 7.83. The molecule has 114 valence electrons. The molecule has 0 aliphatic heterocycles. The summed E-state index contributed by atoms with van der Waals surface area (Å²) in [6, 6.07) is 8.45. The number of allylic oxidation sites excluding steroid dienone is 3. The summed E-state index contributed by atoms with van der Waals surface area (Å²) in [7, 11) is 6.04. The molecule has 0 radical (unpaired) electrons. The molecule has 2 nitrogen and oxygen atoms in total. The molecule has 0 N–H and O–H groups in total. The monoisotopic (exact) mass is 285 g/mol. The first kappa shape index (κ1) is 15.8. The van der Waals surface area contributed by atoms with Gasteiger partial charge in [0.15, 0.2) is 0 Å². The van der Waals surface area contributed by atoms with Crippen molar-refractivity contribution < 1.29 is 4.74 Å². The second kappa shape index (κ2) is 7.46. The molecule has 1 aromatic carbocycles. The zero-order chi connectivity index (χ0) is 15.2. The lowest BCUT2D eigenvalue weighted by Crippen LogP contribution is -2.24. The topological polar surface area (TPSA) is 12.5 Å². The Hall–Kier alpha value is -1.54. The summed E-state index contributed by atoms with van der Waals surface area (Å²) >= 11 is 0. The van der Waals surface area contributed by atoms with Crippen LogP contribution in [0.5, 0.6) is 5.75 Å². The third-order valence-electron chi connectivity index (χ3n) is 4.02. The molecule has 0 aromatic heterocycles. The van der Waals surface area contributed by atoms with E-state index >= 15 is 0 Å². The maximum absolute atomic E-state index is 5.38. The number of hydrogen-bond acceptors (Lipinski definition) is 2. The lowest BCUT2D eigenvalue weighted by molar-refractivity contribution is 0.352. The van der Waals surface area contributed by atoms with Gasteiger partial charge in [0, 0.05) is 6.54 Å². The average molecular weight is 285 g/mol. The molecule has 2 heteroatoms. The largest absolute Gasteiger partial charge is 0.497 e. The van der Waals surface area contributed by atoms with Gasteiger partial charge in [-0.05, 0) is 62.5 Å². The van der Waals surface area contributed by atoms with E-state index in [0.29, 0.717) is 5.92 Å². The summed E-state index contributed by atoms with van der Waals surface area (Å²) in [4.78, 5) is 2.28. The SMILES string of the molecule is CCC=C1C=C(c2cccc(OC)c2)C(CN(C)C)CC1. The molecule has 21 heavy (non-hydrogen) atoms. The van der Waals surface area contributed by atoms with Crippen LogP contribution in [0.15, 0.2) is 42.0 Å². The minimum atomic E-state index is 0.598. The molecule has 0 amide bonds. The number of nitrogens with zero attached hydrogens (tertiary/aromatic N) is 1. The standard InChI is InChI=1S/C19H27NO/c1-5-7-15-10-11-17(14-20(2)3)19(12-15)16-8-6-9-18(13-16)21-4/h6-9,12-13,17H,5,10-11,14H2,1-4H3. The zero-order valence-electron chi connectivity index (χ0n) is 13.7. The van der Waals surface area contributed by atoms with Crippen molar-refractivity contribution in [3.8, 4) is 5.75 Å². The van der Waals surface area contributed by atoms with Crippen molar-refractivity contribution in [3.63, 3.8) is 0 Å². The van der Waals surface area contributed by atoms with E-state index in [2.05, 4.69) is 56.3 Å². The minimum absolute atomic E-state index is 0.598. The van der Waals surface area contributed by atoms with Gasteiger partial charge in [-0.1, -0.05) is 36.8 Å². The van der Waals surface area contributed by atoms with Gasteiger partial charge in [-0.3, -0.25) is 0 Å². The van der Waals surface area contributed by atoms with Crippen molar-refractivity contribution >= 4 is 5.57 Å². The number of ether oxygens (including phenoxy) is 1. The second-order valence-electron chi connectivity index (χ2n) is 6.02. The molecular weight excluding hydrogens is 258 g/mol. The fourth-order valence-electron chi connectivity index (χ4n) is 3.06. The molecule has 0 heterocycles. The van der Waals surface area contributed by atoms with Gasteiger partial charge in [-0.15, -0.1) is 0 Å². The highest BCUT2D eigenvalue weighted by Gasteiger charge is 2.21. The Morgan fingerprint density at radius 3 is 2.81 bits per heavy atom. The molecule has 0 saturated heterocycles. The Balaban J connectivity index is 2.37. The second-order valence-corrected chi connectivity index (χ2v) is 6.02. The Bertz CT molecular complexity index is 528. The Kier molecular flexibility index (Phi) is 5.63. The van der Waals surface area contributed by atoms with E-state index in [1.54, 1.807) is 7.11 Å². The number of hydrogen-bond donors (Lipinski definition) is 0. The summed E-state index contributed by atoms with van der Waals surface area (Å²) in [5.41, 5.74) is 4.22. The summed E-state index contributed by atoms with van der Waals surface area (Å²) < 4.78 is 5.38. The van der Waals surface area contributed by atoms with Gasteiger partial charge < -0.3 is 9.64 Å². The summed E-state index contributed by atoms with van der Waals surface area (Å²) in [5, 5.41) is 0. The van der Waals surface area contributed by atoms with Gasteiger partial charge in [0.2, 0.25) is 0 Å². The predicted octanol–water partition coefficient (Wildman–Crippen LogP) is 4.39. The van der Waals surface area contributed by atoms with E-state index in [-0.39, 0.29) is 0 Å². The Morgan fingerprint density at radius 2 is 2.14 bits per heavy atom. The number of benzene rings is 1. The van der Waals surface area contributed by atoms with Crippen molar-refractivity contribution in [2.75, 3.05) is 27.7 Å². The molecule has 1 aromatic rings. The zero-order valence-corrected chi connectivity index (χ0v) is 13.7. The highest BCUT2D eigenvalue weighted by atomic mass is 16.5. The maximum atomic E-state index is 5.38. The van der Waals surface area contributed by atoms with Crippen LogP contribution in [-0.4, -0.2) is 32.6 Å². The highest BCUT2D eigenvalue weighted by Crippen LogP contribution is 2.36. The summed E-state index contributed by atoms with van der Waals surface area (Å²) in [6.45, 7) is 3.31. The smallest absolute Gasteiger partial charge is 0.119 e. The van der Waals surface area contributed by atoms with Crippen LogP contribution in [0.1, 0.15) is 31.7 Å². The Morgan fingerprint density at radius 1 is 1.33 bits per heavy atom. The molecule has 1 atom stereocenters. The summed E-state index contributed by atoms with van der Waals surface area (Å²) in [6.07, 6.45) is 8.28. The third-order valence-corrected chi connectivity index (χ3v) is 4.02. The maximum Gasteiger partial charge on any atom is 0.119 e. The van der Waals surface area contributed by atoms with Gasteiger partial charge in [-0.2, -0.15) is 0 Å². The van der Waals surface area contributed by atoms with Crippen molar-refractivity contribution in [1.82, 2.24) is 4.90 Å². The van der Waals surface area contributed by atoms with E-state index in [9.17, 15) is 0 Å². The molecule has 0 bridgehead atoms. The summed E-state index contributed by atoms with van der Waals surface area (Å²) in [5.74, 6) is 1.53. The van der Waals surface area contributed by atoms with Gasteiger partial charge in [0.1, 0.15) is 5.75 Å². The lowest BCUT2D eigenvalue weighted by atomic mass is 9.81. The Labute approximate surface area is 129 Å². The minimum Gasteiger partial charge on any atom is -0.497 e. The van der Waals surface area contributed by atoms with Crippen LogP contribution in [-0.2, 0) is 0 Å². The highest BCUT2D eigenvalue weighted by molar-refractivity contribution is 5.72. The van der Waals surface area contributed by atoms with Crippen molar-refractivity contribution in [2.24, 2.45) is 5.92 Å². The van der Waals surface area contributed by atoms with Crippen molar-refractivity contribution in [2.45, 2.75) is 26.2 Å². The van der Waals surface area contributed by atoms with E-state index in [1.807, 2.05) is 6.07 Å². The van der Waals surface area contributed by atoms with Crippen LogP contribution in [0, 0.1) is 5.92 Å². The van der Waals surface area contributed by atoms with Gasteiger partial charge in [0.25, 0.3) is 0 Å². The van der Waals surface area contributed by atoms with Crippen LogP contribution in [0.25, 0.3) is 5.57 Å². The molecule has 2 rings (SSSR count). The molecular formula is C19H27NO. The van der Waals surface area contributed by atoms with Gasteiger partial charge >= 0.3 is 0 Å². The van der Waals surface area contributed by atoms with E-state index in [4.69, 9.17) is 4.74 Å². The van der Waals surface area contributed by atoms with Crippen LogP contribution in [0.2, 0.25) is 0 Å². The van der Waals surface area contributed by atoms with Gasteiger partial charge in [-0.25, -0.2) is 0 Å². The van der Waals surface area contributed by atoms with Gasteiger partial charge in [0.05, 0.1) is 7.11 Å². The normalized spacial score (nSPS) is 20.7. The third kappa shape index (κ3) is 4.21. The van der Waals surface area contributed by atoms with Crippen molar-refractivity contribution in [3.05, 3.63) is 47.6 Å². The fourth-order valence-corrected chi connectivity index (χ4v) is 3.06. The number of rotatable bonds is 5. The van der Waals surface area contributed by atoms with Crippen LogP contribution in [0.3, 0.4) is 0 Å². The average Bonchev–Trinajstić information content (AvgIpc) is 2.48. The molecule has 1 aliphatic carbocycles.